The lowest BCUT2D eigenvalue weighted by Crippen LogP contribution is -2.46. The van der Waals surface area contributed by atoms with Crippen molar-refractivity contribution in [1.29, 1.82) is 0 Å². The lowest BCUT2D eigenvalue weighted by molar-refractivity contribution is 0.358. The first-order valence-corrected chi connectivity index (χ1v) is 7.99. The standard InChI is InChI=1S/C17H16ClFN4/c18-11-1-3-15-16(9-11)22-17(23-7-5-20-6-8-23)13-10-12(19)2-4-14(13)21-15/h1-4,9-10,20-21H,5-8H2. The molecular weight excluding hydrogens is 315 g/mol. The van der Waals surface area contributed by atoms with Crippen molar-refractivity contribution in [2.75, 3.05) is 31.5 Å². The maximum Gasteiger partial charge on any atom is 0.138 e. The van der Waals surface area contributed by atoms with Gasteiger partial charge in [0, 0.05) is 42.5 Å². The molecule has 0 aliphatic carbocycles. The maximum atomic E-state index is 13.8. The normalized spacial score (nSPS) is 16.8. The number of amidine groups is 1. The molecule has 6 heteroatoms. The van der Waals surface area contributed by atoms with Gasteiger partial charge in [0.1, 0.15) is 11.7 Å². The summed E-state index contributed by atoms with van der Waals surface area (Å²) >= 11 is 6.12. The van der Waals surface area contributed by atoms with Crippen molar-refractivity contribution in [2.45, 2.75) is 0 Å². The van der Waals surface area contributed by atoms with Crippen molar-refractivity contribution in [2.24, 2.45) is 4.99 Å². The third kappa shape index (κ3) is 2.78. The summed E-state index contributed by atoms with van der Waals surface area (Å²) < 4.78 is 13.8. The average Bonchev–Trinajstić information content (AvgIpc) is 2.72. The Balaban J connectivity index is 1.89. The summed E-state index contributed by atoms with van der Waals surface area (Å²) in [7, 11) is 0. The number of aliphatic imine (C=N–C) groups is 1. The van der Waals surface area contributed by atoms with E-state index in [0.29, 0.717) is 5.02 Å². The molecule has 4 nitrogen and oxygen atoms in total. The van der Waals surface area contributed by atoms with E-state index in [0.717, 1.165) is 54.6 Å². The van der Waals surface area contributed by atoms with Crippen LogP contribution in [0.5, 0.6) is 0 Å². The van der Waals surface area contributed by atoms with E-state index in [-0.39, 0.29) is 5.82 Å². The van der Waals surface area contributed by atoms with Gasteiger partial charge in [0.15, 0.2) is 0 Å². The number of rotatable bonds is 0. The van der Waals surface area contributed by atoms with Crippen molar-refractivity contribution in [3.63, 3.8) is 0 Å². The summed E-state index contributed by atoms with van der Waals surface area (Å²) in [5.74, 6) is 0.520. The summed E-state index contributed by atoms with van der Waals surface area (Å²) in [5.41, 5.74) is 3.26. The van der Waals surface area contributed by atoms with Crippen LogP contribution in [0, 0.1) is 5.82 Å². The van der Waals surface area contributed by atoms with Crippen LogP contribution in [0.2, 0.25) is 5.02 Å². The lowest BCUT2D eigenvalue weighted by Gasteiger charge is -2.30. The Labute approximate surface area is 139 Å². The summed E-state index contributed by atoms with van der Waals surface area (Å²) in [6, 6.07) is 10.3. The molecule has 4 rings (SSSR count). The van der Waals surface area contributed by atoms with Gasteiger partial charge in [-0.2, -0.15) is 0 Å². The quantitative estimate of drug-likeness (QED) is 0.776. The first-order chi connectivity index (χ1) is 11.2. The molecule has 2 aromatic carbocycles. The van der Waals surface area contributed by atoms with Crippen LogP contribution in [-0.4, -0.2) is 36.9 Å². The zero-order valence-corrected chi connectivity index (χ0v) is 13.2. The second-order valence-electron chi connectivity index (χ2n) is 5.65. The molecule has 0 amide bonds. The molecule has 2 N–H and O–H groups in total. The van der Waals surface area contributed by atoms with E-state index >= 15 is 0 Å². The zero-order valence-electron chi connectivity index (χ0n) is 12.4. The molecule has 23 heavy (non-hydrogen) atoms. The van der Waals surface area contributed by atoms with E-state index in [9.17, 15) is 4.39 Å². The Morgan fingerprint density at radius 1 is 1.04 bits per heavy atom. The molecule has 1 fully saturated rings. The molecule has 1 saturated heterocycles. The van der Waals surface area contributed by atoms with Crippen LogP contribution in [0.1, 0.15) is 5.56 Å². The second-order valence-corrected chi connectivity index (χ2v) is 6.09. The van der Waals surface area contributed by atoms with Crippen LogP contribution in [-0.2, 0) is 0 Å². The van der Waals surface area contributed by atoms with Crippen molar-refractivity contribution < 1.29 is 4.39 Å². The van der Waals surface area contributed by atoms with Gasteiger partial charge < -0.3 is 15.5 Å². The summed E-state index contributed by atoms with van der Waals surface area (Å²) in [6.07, 6.45) is 0. The average molecular weight is 331 g/mol. The molecule has 0 unspecified atom stereocenters. The minimum absolute atomic E-state index is 0.266. The Bertz CT molecular complexity index is 784. The minimum Gasteiger partial charge on any atom is -0.353 e. The van der Waals surface area contributed by atoms with Crippen molar-refractivity contribution in [3.8, 4) is 0 Å². The number of nitrogens with one attached hydrogen (secondary N) is 2. The molecule has 118 valence electrons. The van der Waals surface area contributed by atoms with Crippen LogP contribution >= 0.6 is 11.6 Å². The molecule has 0 bridgehead atoms. The predicted octanol–water partition coefficient (Wildman–Crippen LogP) is 3.52. The molecule has 2 heterocycles. The molecule has 2 aliphatic rings. The first-order valence-electron chi connectivity index (χ1n) is 7.61. The molecule has 0 aromatic heterocycles. The highest BCUT2D eigenvalue weighted by molar-refractivity contribution is 6.31. The van der Waals surface area contributed by atoms with Crippen molar-refractivity contribution >= 4 is 34.5 Å². The highest BCUT2D eigenvalue weighted by atomic mass is 35.5. The molecular formula is C17H16ClFN4. The monoisotopic (exact) mass is 330 g/mol. The summed E-state index contributed by atoms with van der Waals surface area (Å²) in [6.45, 7) is 3.45. The number of piperazine rings is 1. The Morgan fingerprint density at radius 3 is 2.65 bits per heavy atom. The number of hydrogen-bond donors (Lipinski definition) is 2. The van der Waals surface area contributed by atoms with Crippen LogP contribution < -0.4 is 10.6 Å². The van der Waals surface area contributed by atoms with Crippen LogP contribution in [0.3, 0.4) is 0 Å². The van der Waals surface area contributed by atoms with Crippen LogP contribution in [0.25, 0.3) is 0 Å². The van der Waals surface area contributed by atoms with Gasteiger partial charge in [0.2, 0.25) is 0 Å². The van der Waals surface area contributed by atoms with E-state index in [1.165, 1.54) is 12.1 Å². The Hall–Kier alpha value is -2.11. The fourth-order valence-corrected chi connectivity index (χ4v) is 3.12. The third-order valence-corrected chi connectivity index (χ3v) is 4.33. The zero-order chi connectivity index (χ0) is 15.8. The van der Waals surface area contributed by atoms with Gasteiger partial charge in [-0.3, -0.25) is 0 Å². The summed E-state index contributed by atoms with van der Waals surface area (Å²) in [4.78, 5) is 6.99. The Morgan fingerprint density at radius 2 is 1.83 bits per heavy atom. The number of anilines is 2. The highest BCUT2D eigenvalue weighted by Crippen LogP contribution is 2.36. The van der Waals surface area contributed by atoms with E-state index < -0.39 is 0 Å². The van der Waals surface area contributed by atoms with Gasteiger partial charge in [-0.1, -0.05) is 11.6 Å². The number of hydrogen-bond acceptors (Lipinski definition) is 4. The SMILES string of the molecule is Fc1ccc2c(c1)C(N1CCNCC1)=Nc1cc(Cl)ccc1N2. The molecule has 0 saturated carbocycles. The van der Waals surface area contributed by atoms with E-state index in [2.05, 4.69) is 15.5 Å². The minimum atomic E-state index is -0.266. The lowest BCUT2D eigenvalue weighted by atomic mass is 10.1. The molecule has 0 spiro atoms. The van der Waals surface area contributed by atoms with Crippen LogP contribution in [0.4, 0.5) is 21.5 Å². The fourth-order valence-electron chi connectivity index (χ4n) is 2.95. The van der Waals surface area contributed by atoms with Crippen molar-refractivity contribution in [1.82, 2.24) is 10.2 Å². The highest BCUT2D eigenvalue weighted by Gasteiger charge is 2.23. The van der Waals surface area contributed by atoms with Gasteiger partial charge in [0.05, 0.1) is 11.4 Å². The topological polar surface area (TPSA) is 39.7 Å². The summed E-state index contributed by atoms with van der Waals surface area (Å²) in [5, 5.41) is 7.30. The van der Waals surface area contributed by atoms with Crippen molar-refractivity contribution in [3.05, 3.63) is 52.8 Å². The molecule has 2 aromatic rings. The van der Waals surface area contributed by atoms with Gasteiger partial charge in [-0.25, -0.2) is 9.38 Å². The second kappa shape index (κ2) is 5.83. The first kappa shape index (κ1) is 14.5. The van der Waals surface area contributed by atoms with E-state index in [1.54, 1.807) is 6.07 Å². The van der Waals surface area contributed by atoms with Crippen LogP contribution in [0.15, 0.2) is 41.4 Å². The predicted molar refractivity (Wildman–Crippen MR) is 91.8 cm³/mol. The third-order valence-electron chi connectivity index (χ3n) is 4.09. The number of benzene rings is 2. The fraction of sp³-hybridized carbons (Fsp3) is 0.235. The van der Waals surface area contributed by atoms with E-state index in [4.69, 9.17) is 16.6 Å². The van der Waals surface area contributed by atoms with E-state index in [1.807, 2.05) is 18.2 Å². The smallest absolute Gasteiger partial charge is 0.138 e. The van der Waals surface area contributed by atoms with Gasteiger partial charge in [-0.05, 0) is 36.4 Å². The molecule has 0 atom stereocenters. The molecule has 2 aliphatic heterocycles. The largest absolute Gasteiger partial charge is 0.353 e. The van der Waals surface area contributed by atoms with Gasteiger partial charge in [0.25, 0.3) is 0 Å². The number of fused-ring (bicyclic) bond motifs is 2. The molecule has 0 radical (unpaired) electrons. The van der Waals surface area contributed by atoms with Gasteiger partial charge >= 0.3 is 0 Å². The number of halogens is 2. The Kier molecular flexibility index (Phi) is 3.67. The maximum absolute atomic E-state index is 13.8. The van der Waals surface area contributed by atoms with Gasteiger partial charge in [-0.15, -0.1) is 0 Å². The number of nitrogens with zero attached hydrogens (tertiary/aromatic N) is 2.